The molecule has 4 aromatic rings. The summed E-state index contributed by atoms with van der Waals surface area (Å²) in [6, 6.07) is 14.7. The Balaban J connectivity index is 0.00000207. The molecule has 5 rings (SSSR count). The van der Waals surface area contributed by atoms with Crippen molar-refractivity contribution in [2.75, 3.05) is 26.8 Å². The summed E-state index contributed by atoms with van der Waals surface area (Å²) in [5.41, 5.74) is 5.81. The number of aromatic amines is 1. The molecule has 43 heavy (non-hydrogen) atoms. The number of methoxy groups -OCH3 is 1. The molecule has 0 saturated carbocycles. The molecule has 0 bridgehead atoms. The summed E-state index contributed by atoms with van der Waals surface area (Å²) in [6.45, 7) is 8.65. The molecular formula is C35H43ClFN3O3. The molecule has 1 atom stereocenters. The summed E-state index contributed by atoms with van der Waals surface area (Å²) in [6.07, 6.45) is 6.46. The number of nitrogens with zero attached hydrogens (tertiary/aromatic N) is 2. The minimum atomic E-state index is -0.260. The van der Waals surface area contributed by atoms with Crippen molar-refractivity contribution < 1.29 is 13.9 Å². The Morgan fingerprint density at radius 1 is 1.07 bits per heavy atom. The first-order valence-electron chi connectivity index (χ1n) is 15.4. The van der Waals surface area contributed by atoms with E-state index in [1.807, 2.05) is 43.9 Å². The van der Waals surface area contributed by atoms with Gasteiger partial charge in [-0.15, -0.1) is 0 Å². The van der Waals surface area contributed by atoms with E-state index < -0.39 is 0 Å². The fraction of sp³-hybridized carbons (Fsp3) is 0.429. The number of nitrogens with one attached hydrogen (secondary N) is 1. The van der Waals surface area contributed by atoms with Crippen LogP contribution in [0.15, 0.2) is 59.5 Å². The summed E-state index contributed by atoms with van der Waals surface area (Å²) in [5.74, 6) is 0.0335. The Morgan fingerprint density at radius 3 is 2.51 bits per heavy atom. The van der Waals surface area contributed by atoms with E-state index in [1.165, 1.54) is 17.7 Å². The second-order valence-electron chi connectivity index (χ2n) is 10.9. The lowest BCUT2D eigenvalue weighted by Crippen LogP contribution is -2.39. The number of hydrogen-bond donors (Lipinski definition) is 1. The molecule has 2 aromatic carbocycles. The Hall–Kier alpha value is -3.42. The Morgan fingerprint density at radius 2 is 1.81 bits per heavy atom. The number of ether oxygens (including phenoxy) is 1. The smallest absolute Gasteiger partial charge is 0.247 e. The maximum absolute atomic E-state index is 15.0. The molecule has 1 aliphatic heterocycles. The van der Waals surface area contributed by atoms with Gasteiger partial charge < -0.3 is 19.2 Å². The lowest BCUT2D eigenvalue weighted by Gasteiger charge is -2.34. The molecule has 6 nitrogen and oxygen atoms in total. The average molecular weight is 608 g/mol. The van der Waals surface area contributed by atoms with Gasteiger partial charge in [0.15, 0.2) is 0 Å². The van der Waals surface area contributed by atoms with Crippen molar-refractivity contribution in [2.45, 2.75) is 71.8 Å². The van der Waals surface area contributed by atoms with E-state index in [1.54, 1.807) is 19.4 Å². The van der Waals surface area contributed by atoms with Crippen molar-refractivity contribution in [1.29, 1.82) is 0 Å². The van der Waals surface area contributed by atoms with Gasteiger partial charge in [0.1, 0.15) is 5.82 Å². The normalized spacial score (nSPS) is 14.9. The van der Waals surface area contributed by atoms with Crippen LogP contribution in [0.4, 0.5) is 4.39 Å². The molecule has 8 heteroatoms. The second kappa shape index (κ2) is 15.3. The van der Waals surface area contributed by atoms with Crippen molar-refractivity contribution in [2.24, 2.45) is 0 Å². The van der Waals surface area contributed by atoms with Gasteiger partial charge in [-0.2, -0.15) is 0 Å². The molecule has 1 N–H and O–H groups in total. The van der Waals surface area contributed by atoms with E-state index in [0.29, 0.717) is 36.5 Å². The third-order valence-corrected chi connectivity index (χ3v) is 8.52. The van der Waals surface area contributed by atoms with Gasteiger partial charge in [0.05, 0.1) is 10.5 Å². The predicted octanol–water partition coefficient (Wildman–Crippen LogP) is 7.89. The van der Waals surface area contributed by atoms with Crippen LogP contribution in [0.1, 0.15) is 68.7 Å². The van der Waals surface area contributed by atoms with Crippen molar-refractivity contribution in [3.63, 3.8) is 0 Å². The molecule has 1 unspecified atom stereocenters. The van der Waals surface area contributed by atoms with Gasteiger partial charge in [-0.3, -0.25) is 9.59 Å². The number of rotatable bonds is 10. The maximum Gasteiger partial charge on any atom is 0.247 e. The third kappa shape index (κ3) is 7.57. The van der Waals surface area contributed by atoms with Crippen LogP contribution in [0, 0.1) is 12.7 Å². The van der Waals surface area contributed by atoms with Crippen LogP contribution in [0.3, 0.4) is 0 Å². The number of piperidine rings is 1. The average Bonchev–Trinajstić information content (AvgIpc) is 3.33. The third-order valence-electron chi connectivity index (χ3n) is 8.22. The molecule has 1 saturated heterocycles. The van der Waals surface area contributed by atoms with Crippen molar-refractivity contribution in [3.8, 4) is 11.1 Å². The predicted molar refractivity (Wildman–Crippen MR) is 173 cm³/mol. The first-order valence-corrected chi connectivity index (χ1v) is 15.8. The minimum absolute atomic E-state index is 0.118. The number of fused-ring (bicyclic) bond motifs is 1. The van der Waals surface area contributed by atoms with Gasteiger partial charge in [0.2, 0.25) is 11.5 Å². The number of H-pyrrole nitrogens is 1. The fourth-order valence-corrected chi connectivity index (χ4v) is 6.48. The second-order valence-corrected chi connectivity index (χ2v) is 11.3. The minimum Gasteiger partial charge on any atom is -0.385 e. The number of hydrogen-bond acceptors (Lipinski definition) is 3. The molecule has 0 spiro atoms. The molecular weight excluding hydrogens is 565 g/mol. The number of carbonyl (C=O) groups is 1. The van der Waals surface area contributed by atoms with Crippen LogP contribution in [0.25, 0.3) is 22.0 Å². The van der Waals surface area contributed by atoms with E-state index in [0.717, 1.165) is 66.5 Å². The molecule has 1 amide bonds. The van der Waals surface area contributed by atoms with Gasteiger partial charge in [-0.25, -0.2) is 4.39 Å². The molecule has 1 aliphatic rings. The first kappa shape index (κ1) is 32.5. The van der Waals surface area contributed by atoms with Gasteiger partial charge >= 0.3 is 0 Å². The Labute approximate surface area is 258 Å². The molecule has 2 aromatic heterocycles. The van der Waals surface area contributed by atoms with Crippen LogP contribution in [0.2, 0.25) is 5.02 Å². The highest BCUT2D eigenvalue weighted by atomic mass is 35.5. The van der Waals surface area contributed by atoms with E-state index in [-0.39, 0.29) is 23.2 Å². The number of likely N-dealkylation sites (tertiary alicyclic amines) is 1. The highest BCUT2D eigenvalue weighted by Gasteiger charge is 2.30. The van der Waals surface area contributed by atoms with Gasteiger partial charge in [-0.1, -0.05) is 49.7 Å². The number of aryl methyl sites for hydroxylation is 3. The SMILES string of the molecule is CC.COCCCn1c(C2CCCN(C(=O)CCCc3ccc(-c4ccc(=O)[nH]c4)cc3)C2)c(C)c2c(F)ccc(Cl)c21. The van der Waals surface area contributed by atoms with E-state index in [2.05, 4.69) is 21.7 Å². The summed E-state index contributed by atoms with van der Waals surface area (Å²) in [7, 11) is 1.68. The molecule has 3 heterocycles. The molecule has 0 aliphatic carbocycles. The number of aromatic nitrogens is 2. The monoisotopic (exact) mass is 607 g/mol. The van der Waals surface area contributed by atoms with Crippen LogP contribution >= 0.6 is 11.6 Å². The molecule has 1 fully saturated rings. The zero-order valence-electron chi connectivity index (χ0n) is 25.7. The van der Waals surface area contributed by atoms with Crippen molar-refractivity contribution in [3.05, 3.63) is 92.7 Å². The quantitative estimate of drug-likeness (QED) is 0.186. The first-order chi connectivity index (χ1) is 20.9. The lowest BCUT2D eigenvalue weighted by atomic mass is 9.91. The summed E-state index contributed by atoms with van der Waals surface area (Å²) < 4.78 is 22.5. The Bertz CT molecular complexity index is 1560. The number of amides is 1. The number of benzene rings is 2. The zero-order valence-corrected chi connectivity index (χ0v) is 26.5. The number of pyridine rings is 1. The van der Waals surface area contributed by atoms with E-state index in [4.69, 9.17) is 16.3 Å². The Kier molecular flexibility index (Phi) is 11.6. The summed E-state index contributed by atoms with van der Waals surface area (Å²) in [4.78, 5) is 29.3. The molecule has 230 valence electrons. The largest absolute Gasteiger partial charge is 0.385 e. The van der Waals surface area contributed by atoms with Crippen molar-refractivity contribution >= 4 is 28.4 Å². The number of carbonyl (C=O) groups excluding carboxylic acids is 1. The van der Waals surface area contributed by atoms with Crippen LogP contribution in [-0.2, 0) is 22.5 Å². The summed E-state index contributed by atoms with van der Waals surface area (Å²) in [5, 5.41) is 1.13. The van der Waals surface area contributed by atoms with Crippen LogP contribution in [0.5, 0.6) is 0 Å². The lowest BCUT2D eigenvalue weighted by molar-refractivity contribution is -0.132. The fourth-order valence-electron chi connectivity index (χ4n) is 6.22. The molecule has 0 radical (unpaired) electrons. The van der Waals surface area contributed by atoms with Gasteiger partial charge in [0.25, 0.3) is 0 Å². The number of halogens is 2. The highest BCUT2D eigenvalue weighted by Crippen LogP contribution is 2.39. The van der Waals surface area contributed by atoms with E-state index in [9.17, 15) is 9.59 Å². The summed E-state index contributed by atoms with van der Waals surface area (Å²) >= 11 is 6.61. The topological polar surface area (TPSA) is 67.3 Å². The van der Waals surface area contributed by atoms with Gasteiger partial charge in [0, 0.05) is 69.0 Å². The van der Waals surface area contributed by atoms with Crippen LogP contribution < -0.4 is 5.56 Å². The standard InChI is InChI=1S/C33H37ClFN3O3.C2H6/c1-22-31-28(35)15-14-27(34)33(31)38(18-5-19-41-2)32(22)26-7-4-17-37(21-26)30(40)8-3-6-23-9-11-24(12-10-23)25-13-16-29(39)36-20-25;1-2/h9-16,20,26H,3-8,17-19,21H2,1-2H3,(H,36,39);1-2H3. The van der Waals surface area contributed by atoms with Gasteiger partial charge in [-0.05, 0) is 79.5 Å². The highest BCUT2D eigenvalue weighted by molar-refractivity contribution is 6.35. The van der Waals surface area contributed by atoms with Crippen molar-refractivity contribution in [1.82, 2.24) is 14.5 Å². The maximum atomic E-state index is 15.0. The zero-order chi connectivity index (χ0) is 30.9. The van der Waals surface area contributed by atoms with E-state index >= 15 is 4.39 Å². The van der Waals surface area contributed by atoms with Crippen LogP contribution in [-0.4, -0.2) is 47.2 Å².